The molecule has 2 rings (SSSR count). The summed E-state index contributed by atoms with van der Waals surface area (Å²) in [6.45, 7) is 5.27. The summed E-state index contributed by atoms with van der Waals surface area (Å²) in [5.74, 6) is 0.617. The average molecular weight is 240 g/mol. The number of nitrogens with one attached hydrogen (secondary N) is 2. The minimum absolute atomic E-state index is 0.395. The second-order valence-corrected chi connectivity index (χ2v) is 4.13. The molecular weight excluding hydrogens is 220 g/mol. The maximum absolute atomic E-state index is 5.53. The first-order chi connectivity index (χ1) is 8.38. The molecule has 17 heavy (non-hydrogen) atoms. The molecule has 1 aromatic heterocycles. The highest BCUT2D eigenvalue weighted by Gasteiger charge is 2.15. The van der Waals surface area contributed by atoms with E-state index in [9.17, 15) is 0 Å². The van der Waals surface area contributed by atoms with Gasteiger partial charge < -0.3 is 19.8 Å². The molecule has 1 aliphatic heterocycles. The zero-order valence-corrected chi connectivity index (χ0v) is 10.2. The summed E-state index contributed by atoms with van der Waals surface area (Å²) in [6.07, 6.45) is 3.73. The van der Waals surface area contributed by atoms with Gasteiger partial charge in [-0.25, -0.2) is 0 Å². The van der Waals surface area contributed by atoms with E-state index >= 15 is 0 Å². The zero-order chi connectivity index (χ0) is 11.9. The summed E-state index contributed by atoms with van der Waals surface area (Å²) in [5.41, 5.74) is 0. The van der Waals surface area contributed by atoms with Gasteiger partial charge in [-0.1, -0.05) is 12.0 Å². The second-order valence-electron chi connectivity index (χ2n) is 4.13. The van der Waals surface area contributed by atoms with E-state index in [1.807, 2.05) is 6.92 Å². The molecule has 1 fully saturated rings. The smallest absolute Gasteiger partial charge is 0.315 e. The van der Waals surface area contributed by atoms with Crippen LogP contribution in [0.15, 0.2) is 4.42 Å². The fourth-order valence-electron chi connectivity index (χ4n) is 1.84. The Morgan fingerprint density at radius 1 is 1.41 bits per heavy atom. The number of hydrogen-bond acceptors (Lipinski definition) is 6. The Morgan fingerprint density at radius 2 is 2.35 bits per heavy atom. The van der Waals surface area contributed by atoms with E-state index in [0.29, 0.717) is 24.6 Å². The van der Waals surface area contributed by atoms with Crippen molar-refractivity contribution < 1.29 is 9.15 Å². The first-order valence-electron chi connectivity index (χ1n) is 6.27. The lowest BCUT2D eigenvalue weighted by atomic mass is 10.2. The molecule has 0 radical (unpaired) electrons. The Morgan fingerprint density at radius 3 is 3.12 bits per heavy atom. The predicted octanol–water partition coefficient (Wildman–Crippen LogP) is 1.16. The third kappa shape index (κ3) is 3.98. The van der Waals surface area contributed by atoms with E-state index < -0.39 is 0 Å². The van der Waals surface area contributed by atoms with Crippen molar-refractivity contribution in [2.75, 3.05) is 25.0 Å². The number of nitrogens with zero attached hydrogens (tertiary/aromatic N) is 2. The van der Waals surface area contributed by atoms with Crippen molar-refractivity contribution >= 4 is 6.01 Å². The van der Waals surface area contributed by atoms with Crippen LogP contribution in [0.25, 0.3) is 0 Å². The molecule has 2 N–H and O–H groups in total. The van der Waals surface area contributed by atoms with Crippen molar-refractivity contribution in [3.63, 3.8) is 0 Å². The van der Waals surface area contributed by atoms with Crippen LogP contribution in [-0.4, -0.2) is 36.0 Å². The van der Waals surface area contributed by atoms with Gasteiger partial charge in [-0.05, 0) is 25.8 Å². The van der Waals surface area contributed by atoms with Crippen LogP contribution >= 0.6 is 0 Å². The van der Waals surface area contributed by atoms with Gasteiger partial charge >= 0.3 is 6.01 Å². The Kier molecular flexibility index (Phi) is 4.75. The lowest BCUT2D eigenvalue weighted by Gasteiger charge is -2.08. The minimum atomic E-state index is 0.395. The van der Waals surface area contributed by atoms with Crippen molar-refractivity contribution in [3.8, 4) is 0 Å². The number of anilines is 1. The lowest BCUT2D eigenvalue weighted by molar-refractivity contribution is 0.107. The highest BCUT2D eigenvalue weighted by atomic mass is 16.5. The molecule has 0 aliphatic carbocycles. The molecule has 1 aliphatic rings. The molecule has 0 aromatic carbocycles. The first kappa shape index (κ1) is 12.3. The van der Waals surface area contributed by atoms with Gasteiger partial charge in [0.05, 0.1) is 12.6 Å². The van der Waals surface area contributed by atoms with Gasteiger partial charge in [-0.15, -0.1) is 5.10 Å². The number of rotatable bonds is 7. The summed E-state index contributed by atoms with van der Waals surface area (Å²) in [7, 11) is 0. The summed E-state index contributed by atoms with van der Waals surface area (Å²) in [5, 5.41) is 14.1. The van der Waals surface area contributed by atoms with Crippen LogP contribution in [0.3, 0.4) is 0 Å². The summed E-state index contributed by atoms with van der Waals surface area (Å²) >= 11 is 0. The largest absolute Gasteiger partial charge is 0.407 e. The van der Waals surface area contributed by atoms with E-state index in [2.05, 4.69) is 20.8 Å². The van der Waals surface area contributed by atoms with Crippen molar-refractivity contribution in [2.45, 2.75) is 38.8 Å². The third-order valence-corrected chi connectivity index (χ3v) is 2.76. The fraction of sp³-hybridized carbons (Fsp3) is 0.818. The molecule has 1 saturated heterocycles. The van der Waals surface area contributed by atoms with Gasteiger partial charge in [-0.3, -0.25) is 0 Å². The quantitative estimate of drug-likeness (QED) is 0.745. The lowest BCUT2D eigenvalue weighted by Crippen LogP contribution is -2.12. The number of aromatic nitrogens is 2. The Labute approximate surface area is 101 Å². The van der Waals surface area contributed by atoms with Crippen LogP contribution in [-0.2, 0) is 11.3 Å². The van der Waals surface area contributed by atoms with Gasteiger partial charge in [0.15, 0.2) is 0 Å². The minimum Gasteiger partial charge on any atom is -0.407 e. The normalized spacial score (nSPS) is 19.7. The summed E-state index contributed by atoms with van der Waals surface area (Å²) in [4.78, 5) is 0. The van der Waals surface area contributed by atoms with Crippen LogP contribution in [0.1, 0.15) is 32.1 Å². The van der Waals surface area contributed by atoms with E-state index in [4.69, 9.17) is 9.15 Å². The van der Waals surface area contributed by atoms with Crippen LogP contribution in [0, 0.1) is 0 Å². The first-order valence-corrected chi connectivity index (χ1v) is 6.27. The molecule has 1 atom stereocenters. The Bertz CT molecular complexity index is 323. The molecule has 0 saturated carbocycles. The highest BCUT2D eigenvalue weighted by molar-refractivity contribution is 5.16. The SMILES string of the molecule is CCNCc1nnc(NCCC2CCCO2)o1. The predicted molar refractivity (Wildman–Crippen MR) is 63.8 cm³/mol. The third-order valence-electron chi connectivity index (χ3n) is 2.76. The van der Waals surface area contributed by atoms with Gasteiger partial charge in [-0.2, -0.15) is 0 Å². The van der Waals surface area contributed by atoms with Gasteiger partial charge in [0.2, 0.25) is 5.89 Å². The standard InChI is InChI=1S/C11H20N4O2/c1-2-12-8-10-14-15-11(17-10)13-6-5-9-4-3-7-16-9/h9,12H,2-8H2,1H3,(H,13,15). The molecule has 0 spiro atoms. The van der Waals surface area contributed by atoms with Crippen LogP contribution in [0.4, 0.5) is 6.01 Å². The van der Waals surface area contributed by atoms with Crippen LogP contribution in [0.2, 0.25) is 0 Å². The molecule has 6 heteroatoms. The van der Waals surface area contributed by atoms with E-state index in [-0.39, 0.29) is 0 Å². The molecular formula is C11H20N4O2. The van der Waals surface area contributed by atoms with E-state index in [1.54, 1.807) is 0 Å². The maximum Gasteiger partial charge on any atom is 0.315 e. The van der Waals surface area contributed by atoms with E-state index in [1.165, 1.54) is 6.42 Å². The number of hydrogen-bond donors (Lipinski definition) is 2. The maximum atomic E-state index is 5.53. The average Bonchev–Trinajstić information content (AvgIpc) is 2.98. The Balaban J connectivity index is 1.65. The molecule has 1 aromatic rings. The van der Waals surface area contributed by atoms with Crippen molar-refractivity contribution in [1.29, 1.82) is 0 Å². The number of ether oxygens (including phenoxy) is 1. The van der Waals surface area contributed by atoms with Gasteiger partial charge in [0, 0.05) is 13.2 Å². The molecule has 6 nitrogen and oxygen atoms in total. The molecule has 1 unspecified atom stereocenters. The van der Waals surface area contributed by atoms with Crippen LogP contribution < -0.4 is 10.6 Å². The van der Waals surface area contributed by atoms with Crippen LogP contribution in [0.5, 0.6) is 0 Å². The topological polar surface area (TPSA) is 72.2 Å². The monoisotopic (exact) mass is 240 g/mol. The van der Waals surface area contributed by atoms with Crippen molar-refractivity contribution in [2.24, 2.45) is 0 Å². The Hall–Kier alpha value is -1.14. The molecule has 96 valence electrons. The molecule has 2 heterocycles. The van der Waals surface area contributed by atoms with Crippen molar-refractivity contribution in [1.82, 2.24) is 15.5 Å². The van der Waals surface area contributed by atoms with E-state index in [0.717, 1.165) is 32.5 Å². The summed E-state index contributed by atoms with van der Waals surface area (Å²) < 4.78 is 10.9. The fourth-order valence-corrected chi connectivity index (χ4v) is 1.84. The second kappa shape index (κ2) is 6.56. The van der Waals surface area contributed by atoms with Crippen molar-refractivity contribution in [3.05, 3.63) is 5.89 Å². The molecule has 0 amide bonds. The van der Waals surface area contributed by atoms with Gasteiger partial charge in [0.25, 0.3) is 0 Å². The molecule has 0 bridgehead atoms. The highest BCUT2D eigenvalue weighted by Crippen LogP contribution is 2.15. The zero-order valence-electron chi connectivity index (χ0n) is 10.2. The van der Waals surface area contributed by atoms with Gasteiger partial charge in [0.1, 0.15) is 0 Å². The summed E-state index contributed by atoms with van der Waals surface area (Å²) in [6, 6.07) is 0.496.